The lowest BCUT2D eigenvalue weighted by Gasteiger charge is -2.35. The van der Waals surface area contributed by atoms with E-state index in [0.717, 1.165) is 54.7 Å². The summed E-state index contributed by atoms with van der Waals surface area (Å²) in [5.74, 6) is 2.72. The highest BCUT2D eigenvalue weighted by molar-refractivity contribution is 5.62. The maximum absolute atomic E-state index is 5.43. The molecule has 7 nitrogen and oxygen atoms in total. The van der Waals surface area contributed by atoms with Crippen LogP contribution in [-0.4, -0.2) is 66.7 Å². The fraction of sp³-hybridized carbons (Fsp3) is 0.400. The maximum atomic E-state index is 5.43. The van der Waals surface area contributed by atoms with Crippen LogP contribution in [0.25, 0.3) is 11.3 Å². The maximum Gasteiger partial charge on any atom is 0.129 e. The summed E-state index contributed by atoms with van der Waals surface area (Å²) in [5.41, 5.74) is 3.02. The number of benzene rings is 1. The SMILES string of the molecule is COc1ccccc1CCNc1cc(-c2ccc(N(C)C3CCN(C)CC3)nc2)ncn1. The standard InChI is InChI=1S/C25H32N6O/c1-30-14-11-21(12-15-30)31(2)25-9-8-20(17-27-25)22-16-24(29-18-28-22)26-13-10-19-6-4-5-7-23(19)32-3/h4-9,16-18,21H,10-15H2,1-3H3,(H,26,28,29). The molecular formula is C25H32N6O. The molecule has 0 saturated carbocycles. The number of rotatable bonds is 8. The Morgan fingerprint density at radius 1 is 1.09 bits per heavy atom. The minimum atomic E-state index is 0.544. The Balaban J connectivity index is 1.37. The van der Waals surface area contributed by atoms with Crippen LogP contribution in [0.15, 0.2) is 55.0 Å². The first-order valence-electron chi connectivity index (χ1n) is 11.2. The molecule has 2 aromatic heterocycles. The van der Waals surface area contributed by atoms with Crippen molar-refractivity contribution in [3.63, 3.8) is 0 Å². The van der Waals surface area contributed by atoms with Gasteiger partial charge in [0.2, 0.25) is 0 Å². The van der Waals surface area contributed by atoms with E-state index in [1.54, 1.807) is 13.4 Å². The highest BCUT2D eigenvalue weighted by Crippen LogP contribution is 2.24. The van der Waals surface area contributed by atoms with Gasteiger partial charge in [0.25, 0.3) is 0 Å². The smallest absolute Gasteiger partial charge is 0.129 e. The molecule has 3 heterocycles. The lowest BCUT2D eigenvalue weighted by atomic mass is 10.0. The van der Waals surface area contributed by atoms with Crippen LogP contribution in [0.5, 0.6) is 5.75 Å². The average molecular weight is 433 g/mol. The van der Waals surface area contributed by atoms with Crippen molar-refractivity contribution < 1.29 is 4.74 Å². The zero-order chi connectivity index (χ0) is 22.3. The fourth-order valence-corrected chi connectivity index (χ4v) is 4.16. The first-order valence-corrected chi connectivity index (χ1v) is 11.2. The van der Waals surface area contributed by atoms with E-state index in [1.165, 1.54) is 18.4 Å². The van der Waals surface area contributed by atoms with E-state index in [9.17, 15) is 0 Å². The number of anilines is 2. The van der Waals surface area contributed by atoms with Crippen LogP contribution in [0.4, 0.5) is 11.6 Å². The second kappa shape index (κ2) is 10.4. The second-order valence-corrected chi connectivity index (χ2v) is 8.33. The summed E-state index contributed by atoms with van der Waals surface area (Å²) in [4.78, 5) is 18.2. The molecule has 0 spiro atoms. The van der Waals surface area contributed by atoms with Gasteiger partial charge in [0, 0.05) is 37.5 Å². The van der Waals surface area contributed by atoms with E-state index in [0.29, 0.717) is 6.04 Å². The highest BCUT2D eigenvalue weighted by atomic mass is 16.5. The van der Waals surface area contributed by atoms with Crippen LogP contribution < -0.4 is 15.0 Å². The van der Waals surface area contributed by atoms with Crippen molar-refractivity contribution in [2.45, 2.75) is 25.3 Å². The van der Waals surface area contributed by atoms with Gasteiger partial charge in [-0.1, -0.05) is 18.2 Å². The quantitative estimate of drug-likeness (QED) is 0.582. The van der Waals surface area contributed by atoms with Gasteiger partial charge in [0.15, 0.2) is 0 Å². The predicted molar refractivity (Wildman–Crippen MR) is 129 cm³/mol. The van der Waals surface area contributed by atoms with Gasteiger partial charge < -0.3 is 19.9 Å². The Kier molecular flexibility index (Phi) is 7.17. The summed E-state index contributed by atoms with van der Waals surface area (Å²) in [6.45, 7) is 3.04. The third kappa shape index (κ3) is 5.34. The normalized spacial score (nSPS) is 14.8. The third-order valence-electron chi connectivity index (χ3n) is 6.20. The first kappa shape index (κ1) is 22.0. The second-order valence-electron chi connectivity index (χ2n) is 8.33. The Hall–Kier alpha value is -3.19. The van der Waals surface area contributed by atoms with Crippen molar-refractivity contribution in [3.8, 4) is 17.0 Å². The monoisotopic (exact) mass is 432 g/mol. The molecule has 0 amide bonds. The van der Waals surface area contributed by atoms with Crippen LogP contribution in [0.2, 0.25) is 0 Å². The largest absolute Gasteiger partial charge is 0.496 e. The molecule has 168 valence electrons. The number of pyridine rings is 1. The van der Waals surface area contributed by atoms with Crippen LogP contribution in [-0.2, 0) is 6.42 Å². The van der Waals surface area contributed by atoms with Gasteiger partial charge in [-0.15, -0.1) is 0 Å². The van der Waals surface area contributed by atoms with Gasteiger partial charge in [-0.05, 0) is 63.2 Å². The lowest BCUT2D eigenvalue weighted by Crippen LogP contribution is -2.42. The van der Waals surface area contributed by atoms with Crippen molar-refractivity contribution >= 4 is 11.6 Å². The molecule has 0 atom stereocenters. The Labute approximate surface area is 190 Å². The molecule has 1 fully saturated rings. The summed E-state index contributed by atoms with van der Waals surface area (Å²) in [5, 5.41) is 3.39. The predicted octanol–water partition coefficient (Wildman–Crippen LogP) is 3.73. The Morgan fingerprint density at radius 3 is 2.66 bits per heavy atom. The van der Waals surface area contributed by atoms with E-state index in [4.69, 9.17) is 9.72 Å². The number of nitrogens with one attached hydrogen (secondary N) is 1. The van der Waals surface area contributed by atoms with Gasteiger partial charge in [-0.3, -0.25) is 0 Å². The molecule has 0 aliphatic carbocycles. The molecule has 4 rings (SSSR count). The highest BCUT2D eigenvalue weighted by Gasteiger charge is 2.21. The zero-order valence-electron chi connectivity index (χ0n) is 19.2. The number of hydrogen-bond acceptors (Lipinski definition) is 7. The van der Waals surface area contributed by atoms with E-state index < -0.39 is 0 Å². The number of hydrogen-bond donors (Lipinski definition) is 1. The summed E-state index contributed by atoms with van der Waals surface area (Å²) in [7, 11) is 6.03. The average Bonchev–Trinajstić information content (AvgIpc) is 2.85. The fourth-order valence-electron chi connectivity index (χ4n) is 4.16. The van der Waals surface area contributed by atoms with Gasteiger partial charge in [0.1, 0.15) is 23.7 Å². The van der Waals surface area contributed by atoms with Crippen molar-refractivity contribution in [1.82, 2.24) is 19.9 Å². The molecular weight excluding hydrogens is 400 g/mol. The summed E-state index contributed by atoms with van der Waals surface area (Å²) in [6, 6.07) is 14.8. The van der Waals surface area contributed by atoms with Crippen molar-refractivity contribution in [3.05, 3.63) is 60.6 Å². The molecule has 1 aliphatic heterocycles. The summed E-state index contributed by atoms with van der Waals surface area (Å²) >= 11 is 0. The van der Waals surface area contributed by atoms with Gasteiger partial charge in [-0.2, -0.15) is 0 Å². The first-order chi connectivity index (χ1) is 15.6. The number of methoxy groups -OCH3 is 1. The number of aromatic nitrogens is 3. The van der Waals surface area contributed by atoms with Gasteiger partial charge in [0.05, 0.1) is 12.8 Å². The van der Waals surface area contributed by atoms with Crippen molar-refractivity contribution in [2.75, 3.05) is 51.1 Å². The van der Waals surface area contributed by atoms with Crippen molar-refractivity contribution in [2.24, 2.45) is 0 Å². The summed E-state index contributed by atoms with van der Waals surface area (Å²) < 4.78 is 5.43. The van der Waals surface area contributed by atoms with Gasteiger partial charge in [-0.25, -0.2) is 15.0 Å². The van der Waals surface area contributed by atoms with E-state index >= 15 is 0 Å². The zero-order valence-corrected chi connectivity index (χ0v) is 19.2. The molecule has 0 radical (unpaired) electrons. The summed E-state index contributed by atoms with van der Waals surface area (Å²) in [6.07, 6.45) is 6.70. The van der Waals surface area contributed by atoms with Crippen molar-refractivity contribution in [1.29, 1.82) is 0 Å². The van der Waals surface area contributed by atoms with Gasteiger partial charge >= 0.3 is 0 Å². The molecule has 1 aromatic carbocycles. The Bertz CT molecular complexity index is 1000. The van der Waals surface area contributed by atoms with Crippen LogP contribution >= 0.6 is 0 Å². The number of piperidine rings is 1. The van der Waals surface area contributed by atoms with E-state index in [-0.39, 0.29) is 0 Å². The topological polar surface area (TPSA) is 66.4 Å². The molecule has 3 aromatic rings. The van der Waals surface area contributed by atoms with E-state index in [2.05, 4.69) is 57.4 Å². The molecule has 1 aliphatic rings. The molecule has 1 N–H and O–H groups in total. The number of para-hydroxylation sites is 1. The number of likely N-dealkylation sites (tertiary alicyclic amines) is 1. The Morgan fingerprint density at radius 2 is 1.91 bits per heavy atom. The molecule has 0 bridgehead atoms. The minimum absolute atomic E-state index is 0.544. The number of nitrogens with zero attached hydrogens (tertiary/aromatic N) is 5. The lowest BCUT2D eigenvalue weighted by molar-refractivity contribution is 0.252. The third-order valence-corrected chi connectivity index (χ3v) is 6.20. The molecule has 32 heavy (non-hydrogen) atoms. The molecule has 7 heteroatoms. The molecule has 0 unspecified atom stereocenters. The van der Waals surface area contributed by atoms with Crippen LogP contribution in [0.1, 0.15) is 18.4 Å². The minimum Gasteiger partial charge on any atom is -0.496 e. The molecule has 1 saturated heterocycles. The number of ether oxygens (including phenoxy) is 1. The van der Waals surface area contributed by atoms with Crippen LogP contribution in [0, 0.1) is 0 Å². The van der Waals surface area contributed by atoms with E-state index in [1.807, 2.05) is 30.5 Å². The van der Waals surface area contributed by atoms with Crippen LogP contribution in [0.3, 0.4) is 0 Å².